The molecule has 2 aliphatic heterocycles. The van der Waals surface area contributed by atoms with Crippen molar-refractivity contribution in [2.45, 2.75) is 293 Å². The smallest absolute Gasteiger partial charge is 0.306 e. The number of aliphatic hydroxyl groups excluding tert-OH is 7. The first-order valence-electron chi connectivity index (χ1n) is 30.4. The van der Waals surface area contributed by atoms with Gasteiger partial charge in [-0.15, -0.1) is 0 Å². The summed E-state index contributed by atoms with van der Waals surface area (Å²) in [7, 11) is 0. The van der Waals surface area contributed by atoms with Gasteiger partial charge in [0.15, 0.2) is 12.6 Å². The van der Waals surface area contributed by atoms with E-state index in [0.29, 0.717) is 13.0 Å². The Labute approximate surface area is 460 Å². The third kappa shape index (κ3) is 34.6. The topological polar surface area (TPSA) is 214 Å². The number of unbranched alkanes of at least 4 members (excludes halogenated alkanes) is 25. The molecule has 0 aromatic rings. The van der Waals surface area contributed by atoms with Crippen molar-refractivity contribution in [3.05, 3.63) is 60.8 Å². The highest BCUT2D eigenvalue weighted by Crippen LogP contribution is 2.27. The molecule has 14 nitrogen and oxygen atoms in total. The van der Waals surface area contributed by atoms with E-state index < -0.39 is 80.7 Å². The average molecular weight is 1080 g/mol. The third-order valence-electron chi connectivity index (χ3n) is 14.2. The standard InChI is InChI=1S/C62H110O14/c1-3-5-7-9-11-13-15-17-19-21-23-24-25-26-27-28-30-32-34-36-38-40-42-44-46-71-48-51(74-54(64)45-43-41-39-37-35-33-31-29-22-20-18-16-14-12-10-8-6-4-2)49-72-61-60(70)58(68)56(66)53(76-61)50-73-62-59(69)57(67)55(65)52(47-63)75-62/h14-17,20-23,25-26,51-53,55-63,65-70H,3-13,18-19,24,27-50H2,1-2H3/b16-14-,17-15-,22-20-,23-21-,26-25-. The van der Waals surface area contributed by atoms with Gasteiger partial charge >= 0.3 is 5.97 Å². The Morgan fingerprint density at radius 2 is 0.816 bits per heavy atom. The quantitative estimate of drug-likeness (QED) is 0.0172. The maximum atomic E-state index is 13.1. The molecule has 2 saturated heterocycles. The van der Waals surface area contributed by atoms with E-state index in [9.17, 15) is 40.5 Å². The van der Waals surface area contributed by atoms with Crippen LogP contribution in [0.3, 0.4) is 0 Å². The lowest BCUT2D eigenvalue weighted by Gasteiger charge is -2.42. The van der Waals surface area contributed by atoms with Crippen LogP contribution in [0, 0.1) is 0 Å². The van der Waals surface area contributed by atoms with Crippen molar-refractivity contribution in [1.82, 2.24) is 0 Å². The van der Waals surface area contributed by atoms with Gasteiger partial charge in [-0.1, -0.05) is 197 Å². The molecular weight excluding hydrogens is 969 g/mol. The van der Waals surface area contributed by atoms with Crippen molar-refractivity contribution in [2.75, 3.05) is 33.0 Å². The van der Waals surface area contributed by atoms with Crippen LogP contribution in [0.1, 0.15) is 226 Å². The normalized spacial score (nSPS) is 24.9. The van der Waals surface area contributed by atoms with Crippen molar-refractivity contribution in [2.24, 2.45) is 0 Å². The van der Waals surface area contributed by atoms with E-state index >= 15 is 0 Å². The lowest BCUT2D eigenvalue weighted by molar-refractivity contribution is -0.332. The molecule has 0 saturated carbocycles. The van der Waals surface area contributed by atoms with Gasteiger partial charge in [-0.05, 0) is 83.5 Å². The molecular formula is C62H110O14. The number of aliphatic hydroxyl groups is 7. The van der Waals surface area contributed by atoms with Gasteiger partial charge in [0.2, 0.25) is 0 Å². The predicted octanol–water partition coefficient (Wildman–Crippen LogP) is 11.2. The van der Waals surface area contributed by atoms with Gasteiger partial charge in [0.05, 0.1) is 26.4 Å². The first kappa shape index (κ1) is 69.8. The first-order valence-corrected chi connectivity index (χ1v) is 30.4. The number of carbonyl (C=O) groups excluding carboxylic acids is 1. The molecule has 2 aliphatic rings. The van der Waals surface area contributed by atoms with Crippen LogP contribution in [-0.2, 0) is 33.2 Å². The van der Waals surface area contributed by atoms with Crippen molar-refractivity contribution in [3.63, 3.8) is 0 Å². The maximum absolute atomic E-state index is 13.1. The van der Waals surface area contributed by atoms with Crippen LogP contribution in [-0.4, -0.2) is 142 Å². The third-order valence-corrected chi connectivity index (χ3v) is 14.2. The van der Waals surface area contributed by atoms with E-state index in [-0.39, 0.29) is 25.6 Å². The zero-order chi connectivity index (χ0) is 55.1. The van der Waals surface area contributed by atoms with Crippen LogP contribution in [0.25, 0.3) is 0 Å². The van der Waals surface area contributed by atoms with Crippen molar-refractivity contribution in [3.8, 4) is 0 Å². The summed E-state index contributed by atoms with van der Waals surface area (Å²) >= 11 is 0. The number of allylic oxidation sites excluding steroid dienone is 10. The summed E-state index contributed by atoms with van der Waals surface area (Å²) < 4.78 is 34.4. The lowest BCUT2D eigenvalue weighted by Crippen LogP contribution is -2.61. The van der Waals surface area contributed by atoms with E-state index in [1.54, 1.807) is 0 Å². The summed E-state index contributed by atoms with van der Waals surface area (Å²) in [6, 6.07) is 0. The van der Waals surface area contributed by atoms with Gasteiger partial charge in [0.25, 0.3) is 0 Å². The molecule has 0 spiro atoms. The summed E-state index contributed by atoms with van der Waals surface area (Å²) in [5.74, 6) is -0.386. The molecule has 2 rings (SSSR count). The highest BCUT2D eigenvalue weighted by Gasteiger charge is 2.47. The molecule has 0 radical (unpaired) electrons. The van der Waals surface area contributed by atoms with Gasteiger partial charge in [0.1, 0.15) is 54.9 Å². The minimum atomic E-state index is -1.71. The molecule has 2 fully saturated rings. The number of esters is 1. The predicted molar refractivity (Wildman–Crippen MR) is 302 cm³/mol. The first-order chi connectivity index (χ1) is 37.1. The molecule has 11 unspecified atom stereocenters. The van der Waals surface area contributed by atoms with Gasteiger partial charge < -0.3 is 64.2 Å². The zero-order valence-electron chi connectivity index (χ0n) is 47.5. The molecule has 0 amide bonds. The summed E-state index contributed by atoms with van der Waals surface area (Å²) in [5, 5.41) is 72.4. The molecule has 11 atom stereocenters. The number of hydrogen-bond donors (Lipinski definition) is 7. The molecule has 0 aromatic carbocycles. The van der Waals surface area contributed by atoms with Crippen LogP contribution < -0.4 is 0 Å². The molecule has 442 valence electrons. The number of rotatable bonds is 49. The highest BCUT2D eigenvalue weighted by molar-refractivity contribution is 5.69. The SMILES string of the molecule is CCCCCC/C=C\C/C=C\CCCCCCCCCC(=O)OC(COCCCCCCCCCCC/C=C\C/C=C\C/C=C\CCCCCCC)COC1OC(COC2OC(CO)C(O)C(O)C2O)C(O)C(O)C1O. The molecule has 76 heavy (non-hydrogen) atoms. The van der Waals surface area contributed by atoms with E-state index in [0.717, 1.165) is 70.6 Å². The Morgan fingerprint density at radius 1 is 0.434 bits per heavy atom. The summed E-state index contributed by atoms with van der Waals surface area (Å²) in [5.41, 5.74) is 0. The van der Waals surface area contributed by atoms with E-state index in [1.807, 2.05) is 0 Å². The van der Waals surface area contributed by atoms with E-state index in [1.165, 1.54) is 128 Å². The summed E-state index contributed by atoms with van der Waals surface area (Å²) in [6.07, 6.45) is 44.2. The fraction of sp³-hybridized carbons (Fsp3) is 0.823. The van der Waals surface area contributed by atoms with Crippen LogP contribution in [0.15, 0.2) is 60.8 Å². The van der Waals surface area contributed by atoms with Crippen LogP contribution >= 0.6 is 0 Å². The molecule has 14 heteroatoms. The molecule has 7 N–H and O–H groups in total. The van der Waals surface area contributed by atoms with Crippen molar-refractivity contribution < 1.29 is 69.0 Å². The second-order valence-electron chi connectivity index (χ2n) is 21.2. The Balaban J connectivity index is 1.70. The van der Waals surface area contributed by atoms with Crippen molar-refractivity contribution in [1.29, 1.82) is 0 Å². The van der Waals surface area contributed by atoms with Crippen LogP contribution in [0.5, 0.6) is 0 Å². The minimum Gasteiger partial charge on any atom is -0.457 e. The molecule has 0 bridgehead atoms. The van der Waals surface area contributed by atoms with Gasteiger partial charge in [-0.2, -0.15) is 0 Å². The number of carbonyl (C=O) groups is 1. The Hall–Kier alpha value is -2.31. The number of ether oxygens (including phenoxy) is 6. The molecule has 0 aliphatic carbocycles. The van der Waals surface area contributed by atoms with Gasteiger partial charge in [-0.25, -0.2) is 0 Å². The van der Waals surface area contributed by atoms with Gasteiger partial charge in [0, 0.05) is 13.0 Å². The zero-order valence-corrected chi connectivity index (χ0v) is 47.5. The van der Waals surface area contributed by atoms with Gasteiger partial charge in [-0.3, -0.25) is 4.79 Å². The fourth-order valence-electron chi connectivity index (χ4n) is 9.32. The second kappa shape index (κ2) is 48.6. The second-order valence-corrected chi connectivity index (χ2v) is 21.2. The number of hydrogen-bond acceptors (Lipinski definition) is 14. The Morgan fingerprint density at radius 3 is 1.29 bits per heavy atom. The maximum Gasteiger partial charge on any atom is 0.306 e. The molecule has 2 heterocycles. The fourth-order valence-corrected chi connectivity index (χ4v) is 9.32. The Bertz CT molecular complexity index is 1490. The van der Waals surface area contributed by atoms with Crippen LogP contribution in [0.4, 0.5) is 0 Å². The summed E-state index contributed by atoms with van der Waals surface area (Å²) in [6.45, 7) is 3.65. The van der Waals surface area contributed by atoms with E-state index in [4.69, 9.17) is 28.4 Å². The largest absolute Gasteiger partial charge is 0.457 e. The van der Waals surface area contributed by atoms with Crippen LogP contribution in [0.2, 0.25) is 0 Å². The highest BCUT2D eigenvalue weighted by atomic mass is 16.7. The average Bonchev–Trinajstić information content (AvgIpc) is 3.42. The molecule has 0 aromatic heterocycles. The lowest BCUT2D eigenvalue weighted by atomic mass is 9.98. The monoisotopic (exact) mass is 1080 g/mol. The summed E-state index contributed by atoms with van der Waals surface area (Å²) in [4.78, 5) is 13.1. The minimum absolute atomic E-state index is 0.0528. The van der Waals surface area contributed by atoms with E-state index in [2.05, 4.69) is 74.6 Å². The van der Waals surface area contributed by atoms with Crippen molar-refractivity contribution >= 4 is 5.97 Å². The Kier molecular flexibility index (Phi) is 44.6.